The van der Waals surface area contributed by atoms with E-state index in [-0.39, 0.29) is 12.7 Å². The second-order valence-corrected chi connectivity index (χ2v) is 4.80. The van der Waals surface area contributed by atoms with Gasteiger partial charge >= 0.3 is 5.69 Å². The van der Waals surface area contributed by atoms with Crippen LogP contribution in [0.5, 0.6) is 0 Å². The van der Waals surface area contributed by atoms with Gasteiger partial charge in [0.2, 0.25) is 0 Å². The fourth-order valence-corrected chi connectivity index (χ4v) is 2.66. The first kappa shape index (κ1) is 13.5. The number of H-pyrrole nitrogens is 1. The molecular weight excluding hydrogens is 351 g/mol. The van der Waals surface area contributed by atoms with Crippen LogP contribution in [-0.4, -0.2) is 27.4 Å². The van der Waals surface area contributed by atoms with Crippen LogP contribution < -0.4 is 11.2 Å². The monoisotopic (exact) mass is 364 g/mol. The molecule has 1 aliphatic heterocycles. The number of hydrogen-bond acceptors (Lipinski definition) is 4. The molecule has 98 valence electrons. The molecule has 0 spiro atoms. The molecule has 0 bridgehead atoms. The Kier molecular flexibility index (Phi) is 4.03. The van der Waals surface area contributed by atoms with Crippen LogP contribution in [0.25, 0.3) is 0 Å². The van der Waals surface area contributed by atoms with Crippen LogP contribution in [0.15, 0.2) is 32.0 Å². The van der Waals surface area contributed by atoms with Crippen molar-refractivity contribution in [3.63, 3.8) is 0 Å². The molecule has 0 unspecified atom stereocenters. The van der Waals surface area contributed by atoms with Crippen LogP contribution in [0.1, 0.15) is 12.8 Å². The fourth-order valence-electron chi connectivity index (χ4n) is 2.10. The number of aromatic nitrogens is 2. The Hall–Kier alpha value is -0.930. The molecular formula is C11H13IN2O4. The number of rotatable bonds is 3. The number of halogens is 1. The lowest BCUT2D eigenvalue weighted by molar-refractivity contribution is -0.0792. The smallest absolute Gasteiger partial charge is 0.330 e. The Morgan fingerprint density at radius 1 is 1.67 bits per heavy atom. The van der Waals surface area contributed by atoms with Gasteiger partial charge in [0.05, 0.1) is 12.7 Å². The van der Waals surface area contributed by atoms with Crippen LogP contribution in [0, 0.1) is 0 Å². The van der Waals surface area contributed by atoms with Gasteiger partial charge < -0.3 is 9.84 Å². The predicted molar refractivity (Wildman–Crippen MR) is 73.6 cm³/mol. The summed E-state index contributed by atoms with van der Waals surface area (Å²) in [4.78, 5) is 25.1. The number of aliphatic hydroxyl groups excluding tert-OH is 1. The van der Waals surface area contributed by atoms with Crippen molar-refractivity contribution in [2.45, 2.75) is 24.7 Å². The van der Waals surface area contributed by atoms with Crippen molar-refractivity contribution in [1.29, 1.82) is 0 Å². The Balaban J connectivity index is 2.49. The first-order valence-electron chi connectivity index (χ1n) is 5.50. The van der Waals surface area contributed by atoms with E-state index in [4.69, 9.17) is 9.84 Å². The number of aliphatic hydroxyl groups is 1. The normalized spacial score (nSPS) is 28.0. The molecule has 6 nitrogen and oxygen atoms in total. The summed E-state index contributed by atoms with van der Waals surface area (Å²) in [6.07, 6.45) is 4.10. The summed E-state index contributed by atoms with van der Waals surface area (Å²) in [7, 11) is 0. The second kappa shape index (κ2) is 5.37. The molecule has 2 heterocycles. The van der Waals surface area contributed by atoms with Crippen LogP contribution >= 0.6 is 22.6 Å². The topological polar surface area (TPSA) is 84.3 Å². The van der Waals surface area contributed by atoms with Crippen molar-refractivity contribution < 1.29 is 9.84 Å². The highest BCUT2D eigenvalue weighted by Gasteiger charge is 2.40. The van der Waals surface area contributed by atoms with Gasteiger partial charge in [-0.2, -0.15) is 0 Å². The molecule has 0 aromatic carbocycles. The van der Waals surface area contributed by atoms with Crippen LogP contribution in [0.2, 0.25) is 0 Å². The van der Waals surface area contributed by atoms with E-state index >= 15 is 0 Å². The average molecular weight is 364 g/mol. The molecule has 1 fully saturated rings. The quantitative estimate of drug-likeness (QED) is 0.757. The fraction of sp³-hybridized carbons (Fsp3) is 0.455. The van der Waals surface area contributed by atoms with Gasteiger partial charge in [0.1, 0.15) is 0 Å². The Labute approximate surface area is 116 Å². The molecule has 7 heteroatoms. The van der Waals surface area contributed by atoms with Crippen molar-refractivity contribution in [2.24, 2.45) is 0 Å². The van der Waals surface area contributed by atoms with Crippen molar-refractivity contribution >= 4 is 22.6 Å². The summed E-state index contributed by atoms with van der Waals surface area (Å²) in [5, 5.41) is 9.13. The number of nitrogens with one attached hydrogen (secondary N) is 1. The van der Waals surface area contributed by atoms with E-state index in [0.29, 0.717) is 12.8 Å². The molecule has 2 atom stereocenters. The third-order valence-corrected chi connectivity index (χ3v) is 3.31. The Morgan fingerprint density at radius 2 is 2.44 bits per heavy atom. The zero-order valence-corrected chi connectivity index (χ0v) is 11.7. The van der Waals surface area contributed by atoms with E-state index in [1.807, 2.05) is 22.6 Å². The minimum absolute atomic E-state index is 0.0884. The van der Waals surface area contributed by atoms with E-state index in [2.05, 4.69) is 4.98 Å². The maximum Gasteiger partial charge on any atom is 0.330 e. The second-order valence-electron chi connectivity index (χ2n) is 4.08. The average Bonchev–Trinajstić information content (AvgIpc) is 2.74. The van der Waals surface area contributed by atoms with E-state index < -0.39 is 17.0 Å². The largest absolute Gasteiger partial charge is 0.394 e. The van der Waals surface area contributed by atoms with Gasteiger partial charge in [0.25, 0.3) is 5.56 Å². The molecule has 0 saturated carbocycles. The molecule has 1 aliphatic rings. The van der Waals surface area contributed by atoms with E-state index in [1.54, 1.807) is 10.2 Å². The zero-order valence-electron chi connectivity index (χ0n) is 9.51. The number of hydrogen-bond donors (Lipinski definition) is 2. The maximum absolute atomic E-state index is 11.8. The molecule has 0 aliphatic carbocycles. The van der Waals surface area contributed by atoms with E-state index in [1.165, 1.54) is 16.8 Å². The summed E-state index contributed by atoms with van der Waals surface area (Å²) in [5.41, 5.74) is -1.88. The van der Waals surface area contributed by atoms with Gasteiger partial charge in [-0.1, -0.05) is 22.6 Å². The molecule has 1 aromatic heterocycles. The first-order valence-corrected chi connectivity index (χ1v) is 6.75. The van der Waals surface area contributed by atoms with E-state index in [0.717, 1.165) is 0 Å². The van der Waals surface area contributed by atoms with Crippen molar-refractivity contribution in [3.05, 3.63) is 43.3 Å². The van der Waals surface area contributed by atoms with Gasteiger partial charge in [-0.05, 0) is 16.6 Å². The third-order valence-electron chi connectivity index (χ3n) is 2.95. The van der Waals surface area contributed by atoms with Crippen LogP contribution in [-0.2, 0) is 10.5 Å². The van der Waals surface area contributed by atoms with Gasteiger partial charge in [-0.3, -0.25) is 14.3 Å². The minimum Gasteiger partial charge on any atom is -0.394 e. The molecule has 2 N–H and O–H groups in total. The Bertz CT molecular complexity index is 565. The standard InChI is InChI=1S/C11H13IN2O4/c12-5-4-11(3-1-8(7-15)18-11)14-6-2-9(16)13-10(14)17/h2,4-6,8,15H,1,3,7H2,(H,13,16,17)/t8-,11-/m0/s1. The summed E-state index contributed by atoms with van der Waals surface area (Å²) in [6, 6.07) is 1.28. The van der Waals surface area contributed by atoms with Gasteiger partial charge in [-0.15, -0.1) is 0 Å². The molecule has 1 saturated heterocycles. The first-order chi connectivity index (χ1) is 8.61. The molecule has 0 radical (unpaired) electrons. The lowest BCUT2D eigenvalue weighted by Gasteiger charge is -2.27. The van der Waals surface area contributed by atoms with Crippen molar-refractivity contribution in [1.82, 2.24) is 9.55 Å². The summed E-state index contributed by atoms with van der Waals surface area (Å²) < 4.78 is 8.85. The Morgan fingerprint density at radius 3 is 3.00 bits per heavy atom. The number of nitrogens with zero attached hydrogens (tertiary/aromatic N) is 1. The predicted octanol–water partition coefficient (Wildman–Crippen LogP) is 0.309. The van der Waals surface area contributed by atoms with Crippen LogP contribution in [0.4, 0.5) is 0 Å². The molecule has 0 amide bonds. The lowest BCUT2D eigenvalue weighted by Crippen LogP contribution is -2.42. The molecule has 18 heavy (non-hydrogen) atoms. The lowest BCUT2D eigenvalue weighted by atomic mass is 10.1. The van der Waals surface area contributed by atoms with Gasteiger partial charge in [0.15, 0.2) is 5.72 Å². The van der Waals surface area contributed by atoms with E-state index in [9.17, 15) is 9.59 Å². The summed E-state index contributed by atoms with van der Waals surface area (Å²) >= 11 is 2.04. The summed E-state index contributed by atoms with van der Waals surface area (Å²) in [6.45, 7) is -0.0884. The van der Waals surface area contributed by atoms with Crippen molar-refractivity contribution in [3.8, 4) is 0 Å². The highest BCUT2D eigenvalue weighted by atomic mass is 127. The summed E-state index contributed by atoms with van der Waals surface area (Å²) in [5.74, 6) is 0. The zero-order chi connectivity index (χ0) is 13.2. The number of aromatic amines is 1. The SMILES string of the molecule is O=c1ccn([C@@]2(C=CI)CC[C@@H](CO)O2)c(=O)[nH]1. The molecule has 2 rings (SSSR count). The number of ether oxygens (including phenoxy) is 1. The van der Waals surface area contributed by atoms with Gasteiger partial charge in [0, 0.05) is 18.7 Å². The molecule has 1 aromatic rings. The van der Waals surface area contributed by atoms with Crippen molar-refractivity contribution in [2.75, 3.05) is 6.61 Å². The highest BCUT2D eigenvalue weighted by Crippen LogP contribution is 2.35. The third kappa shape index (κ3) is 2.43. The minimum atomic E-state index is -0.921. The van der Waals surface area contributed by atoms with Crippen LogP contribution in [0.3, 0.4) is 0 Å². The van der Waals surface area contributed by atoms with Gasteiger partial charge in [-0.25, -0.2) is 4.79 Å². The maximum atomic E-state index is 11.8. The highest BCUT2D eigenvalue weighted by molar-refractivity contribution is 14.1.